The fourth-order valence-electron chi connectivity index (χ4n) is 2.47. The molecule has 0 saturated carbocycles. The summed E-state index contributed by atoms with van der Waals surface area (Å²) in [6, 6.07) is 4.35. The van der Waals surface area contributed by atoms with E-state index in [2.05, 4.69) is 48.5 Å². The van der Waals surface area contributed by atoms with Gasteiger partial charge in [-0.1, -0.05) is 19.9 Å². The van der Waals surface area contributed by atoms with Gasteiger partial charge in [-0.2, -0.15) is 0 Å². The van der Waals surface area contributed by atoms with Gasteiger partial charge in [0.1, 0.15) is 5.60 Å². The first kappa shape index (κ1) is 24.6. The zero-order chi connectivity index (χ0) is 18.2. The van der Waals surface area contributed by atoms with E-state index in [1.165, 1.54) is 0 Å². The first-order valence-corrected chi connectivity index (χ1v) is 9.59. The molecule has 0 aliphatic rings. The maximum absolute atomic E-state index is 10.6. The second kappa shape index (κ2) is 12.1. The van der Waals surface area contributed by atoms with Crippen LogP contribution < -0.4 is 10.6 Å². The van der Waals surface area contributed by atoms with Crippen LogP contribution in [0.4, 0.5) is 0 Å². The van der Waals surface area contributed by atoms with Gasteiger partial charge < -0.3 is 20.6 Å². The molecule has 0 fully saturated rings. The van der Waals surface area contributed by atoms with E-state index in [4.69, 9.17) is 0 Å². The van der Waals surface area contributed by atoms with E-state index >= 15 is 0 Å². The van der Waals surface area contributed by atoms with E-state index in [0.29, 0.717) is 18.5 Å². The first-order chi connectivity index (χ1) is 11.3. The molecule has 0 aliphatic carbocycles. The second-order valence-corrected chi connectivity index (χ2v) is 8.02. The summed E-state index contributed by atoms with van der Waals surface area (Å²) in [4.78, 5) is 7.77. The standard InChI is InChI=1S/C18H34N4OS.HI/c1-7-19-17(20-12-15(22(5)6)11-14(2)3)21-13-18(4,23)16-9-8-10-24-16;/h8-10,14-15,23H,7,11-13H2,1-6H3,(H2,19,20,21);1H. The van der Waals surface area contributed by atoms with Crippen molar-refractivity contribution in [3.63, 3.8) is 0 Å². The molecule has 2 unspecified atom stereocenters. The van der Waals surface area contributed by atoms with Gasteiger partial charge >= 0.3 is 0 Å². The van der Waals surface area contributed by atoms with Crippen molar-refractivity contribution in [3.8, 4) is 0 Å². The topological polar surface area (TPSA) is 59.9 Å². The van der Waals surface area contributed by atoms with Crippen molar-refractivity contribution in [2.75, 3.05) is 33.7 Å². The molecule has 0 aromatic carbocycles. The summed E-state index contributed by atoms with van der Waals surface area (Å²) in [7, 11) is 4.22. The summed E-state index contributed by atoms with van der Waals surface area (Å²) in [5.41, 5.74) is -0.935. The molecule has 2 atom stereocenters. The van der Waals surface area contributed by atoms with Crippen LogP contribution in [0.1, 0.15) is 39.0 Å². The van der Waals surface area contributed by atoms with Crippen molar-refractivity contribution in [2.45, 2.75) is 45.8 Å². The van der Waals surface area contributed by atoms with Crippen molar-refractivity contribution in [2.24, 2.45) is 10.9 Å². The number of halogens is 1. The molecule has 1 aromatic heterocycles. The third kappa shape index (κ3) is 9.21. The maximum Gasteiger partial charge on any atom is 0.191 e. The Morgan fingerprint density at radius 3 is 2.52 bits per heavy atom. The van der Waals surface area contributed by atoms with E-state index in [0.717, 1.165) is 30.3 Å². The molecular weight excluding hydrogens is 447 g/mol. The quantitative estimate of drug-likeness (QED) is 0.288. The third-order valence-corrected chi connectivity index (χ3v) is 5.04. The Morgan fingerprint density at radius 1 is 1.36 bits per heavy atom. The smallest absolute Gasteiger partial charge is 0.191 e. The van der Waals surface area contributed by atoms with Gasteiger partial charge in [0.15, 0.2) is 5.96 Å². The minimum Gasteiger partial charge on any atom is -0.383 e. The molecule has 25 heavy (non-hydrogen) atoms. The van der Waals surface area contributed by atoms with Crippen molar-refractivity contribution >= 4 is 41.3 Å². The first-order valence-electron chi connectivity index (χ1n) is 8.71. The fourth-order valence-corrected chi connectivity index (χ4v) is 3.25. The highest BCUT2D eigenvalue weighted by atomic mass is 127. The van der Waals surface area contributed by atoms with Crippen molar-refractivity contribution in [3.05, 3.63) is 22.4 Å². The number of hydrogen-bond donors (Lipinski definition) is 3. The number of likely N-dealkylation sites (N-methyl/N-ethyl adjacent to an activating group) is 1. The van der Waals surface area contributed by atoms with Crippen LogP contribution in [0.5, 0.6) is 0 Å². The summed E-state index contributed by atoms with van der Waals surface area (Å²) in [6.07, 6.45) is 1.13. The van der Waals surface area contributed by atoms with Crippen LogP contribution in [0.15, 0.2) is 22.5 Å². The van der Waals surface area contributed by atoms with Gasteiger partial charge in [0.25, 0.3) is 0 Å². The molecule has 7 heteroatoms. The number of aliphatic imine (C=N–C) groups is 1. The lowest BCUT2D eigenvalue weighted by Gasteiger charge is -2.27. The number of guanidine groups is 1. The lowest BCUT2D eigenvalue weighted by Crippen LogP contribution is -2.46. The average molecular weight is 482 g/mol. The summed E-state index contributed by atoms with van der Waals surface area (Å²) in [5, 5.41) is 19.3. The molecule has 1 heterocycles. The minimum atomic E-state index is -0.935. The van der Waals surface area contributed by atoms with E-state index in [9.17, 15) is 5.11 Å². The number of nitrogens with one attached hydrogen (secondary N) is 2. The van der Waals surface area contributed by atoms with Crippen LogP contribution in [0.3, 0.4) is 0 Å². The zero-order valence-electron chi connectivity index (χ0n) is 16.4. The number of rotatable bonds is 9. The fraction of sp³-hybridized carbons (Fsp3) is 0.722. The Hall–Kier alpha value is -0.380. The van der Waals surface area contributed by atoms with Gasteiger partial charge in [0, 0.05) is 24.0 Å². The second-order valence-electron chi connectivity index (χ2n) is 7.07. The SMILES string of the molecule is CCNC(=NCC(C)(O)c1cccs1)NCC(CC(C)C)N(C)C.I. The van der Waals surface area contributed by atoms with Crippen LogP contribution in [-0.4, -0.2) is 55.7 Å². The van der Waals surface area contributed by atoms with Crippen molar-refractivity contribution in [1.29, 1.82) is 0 Å². The highest BCUT2D eigenvalue weighted by molar-refractivity contribution is 14.0. The molecule has 0 bridgehead atoms. The predicted octanol–water partition coefficient (Wildman–Crippen LogP) is 3.11. The number of aliphatic hydroxyl groups is 1. The highest BCUT2D eigenvalue weighted by Gasteiger charge is 2.24. The van der Waals surface area contributed by atoms with Crippen LogP contribution in [0.25, 0.3) is 0 Å². The lowest BCUT2D eigenvalue weighted by atomic mass is 10.0. The van der Waals surface area contributed by atoms with Gasteiger partial charge in [-0.05, 0) is 51.7 Å². The van der Waals surface area contributed by atoms with E-state index in [1.807, 2.05) is 31.4 Å². The minimum absolute atomic E-state index is 0. The van der Waals surface area contributed by atoms with E-state index < -0.39 is 5.60 Å². The average Bonchev–Trinajstić information content (AvgIpc) is 3.03. The predicted molar refractivity (Wildman–Crippen MR) is 120 cm³/mol. The molecule has 0 radical (unpaired) electrons. The Morgan fingerprint density at radius 2 is 2.04 bits per heavy atom. The molecule has 5 nitrogen and oxygen atoms in total. The van der Waals surface area contributed by atoms with Crippen LogP contribution in [0, 0.1) is 5.92 Å². The van der Waals surface area contributed by atoms with Crippen molar-refractivity contribution < 1.29 is 5.11 Å². The molecule has 0 aliphatic heterocycles. The zero-order valence-corrected chi connectivity index (χ0v) is 19.5. The normalized spacial score (nSPS) is 15.6. The van der Waals surface area contributed by atoms with Gasteiger partial charge in [0.2, 0.25) is 0 Å². The third-order valence-electron chi connectivity index (χ3n) is 3.92. The summed E-state index contributed by atoms with van der Waals surface area (Å²) >= 11 is 1.56. The number of thiophene rings is 1. The molecule has 146 valence electrons. The van der Waals surface area contributed by atoms with E-state index in [1.54, 1.807) is 11.3 Å². The molecule has 1 aromatic rings. The van der Waals surface area contributed by atoms with Crippen LogP contribution in [0.2, 0.25) is 0 Å². The Kier molecular flexibility index (Phi) is 11.9. The highest BCUT2D eigenvalue weighted by Crippen LogP contribution is 2.25. The summed E-state index contributed by atoms with van der Waals surface area (Å²) in [5.74, 6) is 1.41. The Labute approximate surface area is 174 Å². The monoisotopic (exact) mass is 482 g/mol. The van der Waals surface area contributed by atoms with Crippen LogP contribution >= 0.6 is 35.3 Å². The lowest BCUT2D eigenvalue weighted by molar-refractivity contribution is 0.0711. The van der Waals surface area contributed by atoms with Gasteiger partial charge in [-0.3, -0.25) is 0 Å². The van der Waals surface area contributed by atoms with Gasteiger partial charge in [-0.25, -0.2) is 4.99 Å². The maximum atomic E-state index is 10.6. The molecule has 0 amide bonds. The summed E-state index contributed by atoms with van der Waals surface area (Å²) in [6.45, 7) is 10.3. The number of nitrogens with zero attached hydrogens (tertiary/aromatic N) is 2. The Balaban J connectivity index is 0.00000576. The number of hydrogen-bond acceptors (Lipinski definition) is 4. The van der Waals surface area contributed by atoms with Crippen molar-refractivity contribution in [1.82, 2.24) is 15.5 Å². The molecule has 0 spiro atoms. The molecular formula is C18H35IN4OS. The van der Waals surface area contributed by atoms with E-state index in [-0.39, 0.29) is 24.0 Å². The molecule has 1 rings (SSSR count). The molecule has 3 N–H and O–H groups in total. The van der Waals surface area contributed by atoms with Crippen LogP contribution in [-0.2, 0) is 5.60 Å². The molecule has 0 saturated heterocycles. The van der Waals surface area contributed by atoms with Gasteiger partial charge in [0.05, 0.1) is 6.54 Å². The Bertz CT molecular complexity index is 489. The van der Waals surface area contributed by atoms with Gasteiger partial charge in [-0.15, -0.1) is 35.3 Å². The largest absolute Gasteiger partial charge is 0.383 e. The summed E-state index contributed by atoms with van der Waals surface area (Å²) < 4.78 is 0.